The molecule has 0 aliphatic carbocycles. The molecule has 2 aromatic carbocycles. The van der Waals surface area contributed by atoms with E-state index in [0.29, 0.717) is 75.0 Å². The van der Waals surface area contributed by atoms with E-state index in [1.54, 1.807) is 7.05 Å². The molecule has 12 nitrogen and oxygen atoms in total. The van der Waals surface area contributed by atoms with E-state index in [4.69, 9.17) is 19.7 Å². The average Bonchev–Trinajstić information content (AvgIpc) is 3.24. The van der Waals surface area contributed by atoms with Crippen LogP contribution < -0.4 is 25.8 Å². The second-order valence-electron chi connectivity index (χ2n) is 9.26. The normalized spacial score (nSPS) is 15.9. The van der Waals surface area contributed by atoms with Crippen molar-refractivity contribution in [1.82, 2.24) is 25.2 Å². The standard InChI is InChI=1S/C27H33N9O3/c1-28-27(38)36-13-5-12-34(14-15-36)24-31-23(32-25(33-24)35-16-18-39-19-17-35)20-8-10-22(11-9-20)30-26(37)29-21-6-3-2-4-7-21/h2-4,6-11H,5,12-19H2,1H3,(H,28,38)(H2,29,30,37). The number of morpholine rings is 1. The summed E-state index contributed by atoms with van der Waals surface area (Å²) in [6.07, 6.45) is 0.812. The number of rotatable bonds is 5. The fourth-order valence-electron chi connectivity index (χ4n) is 4.53. The van der Waals surface area contributed by atoms with Gasteiger partial charge in [0.05, 0.1) is 13.2 Å². The van der Waals surface area contributed by atoms with E-state index in [0.717, 1.165) is 18.5 Å². The van der Waals surface area contributed by atoms with E-state index < -0.39 is 0 Å². The highest BCUT2D eigenvalue weighted by Crippen LogP contribution is 2.24. The van der Waals surface area contributed by atoms with Crippen LogP contribution >= 0.6 is 0 Å². The Morgan fingerprint density at radius 3 is 2.05 bits per heavy atom. The summed E-state index contributed by atoms with van der Waals surface area (Å²) in [6.45, 7) is 5.26. The SMILES string of the molecule is CNC(=O)N1CCCN(c2nc(-c3ccc(NC(=O)Nc4ccccc4)cc3)nc(N3CCOCC3)n2)CC1. The van der Waals surface area contributed by atoms with Gasteiger partial charge in [-0.05, 0) is 42.8 Å². The molecule has 0 saturated carbocycles. The van der Waals surface area contributed by atoms with Crippen LogP contribution in [0.4, 0.5) is 32.9 Å². The first-order valence-corrected chi connectivity index (χ1v) is 13.1. The Morgan fingerprint density at radius 2 is 1.38 bits per heavy atom. The largest absolute Gasteiger partial charge is 0.378 e. The number of anilines is 4. The zero-order valence-corrected chi connectivity index (χ0v) is 22.0. The zero-order valence-electron chi connectivity index (χ0n) is 22.0. The molecule has 0 radical (unpaired) electrons. The van der Waals surface area contributed by atoms with Gasteiger partial charge in [0.25, 0.3) is 0 Å². The molecular weight excluding hydrogens is 498 g/mol. The molecule has 3 aromatic rings. The summed E-state index contributed by atoms with van der Waals surface area (Å²) in [5, 5.41) is 8.37. The number of urea groups is 2. The Labute approximate surface area is 227 Å². The topological polar surface area (TPSA) is 128 Å². The summed E-state index contributed by atoms with van der Waals surface area (Å²) >= 11 is 0. The number of hydrogen-bond donors (Lipinski definition) is 3. The second kappa shape index (κ2) is 12.4. The molecule has 3 N–H and O–H groups in total. The maximum absolute atomic E-state index is 12.4. The van der Waals surface area contributed by atoms with Crippen molar-refractivity contribution in [3.8, 4) is 11.4 Å². The molecule has 0 spiro atoms. The zero-order chi connectivity index (χ0) is 27.0. The van der Waals surface area contributed by atoms with Gasteiger partial charge in [-0.3, -0.25) is 0 Å². The number of hydrogen-bond acceptors (Lipinski definition) is 8. The highest BCUT2D eigenvalue weighted by molar-refractivity contribution is 5.99. The Hall–Kier alpha value is -4.45. The van der Waals surface area contributed by atoms with Gasteiger partial charge in [0.2, 0.25) is 11.9 Å². The number of nitrogens with zero attached hydrogens (tertiary/aromatic N) is 6. The monoisotopic (exact) mass is 531 g/mol. The van der Waals surface area contributed by atoms with Crippen LogP contribution in [0.5, 0.6) is 0 Å². The highest BCUT2D eigenvalue weighted by atomic mass is 16.5. The molecular formula is C27H33N9O3. The molecule has 12 heteroatoms. The Balaban J connectivity index is 1.35. The van der Waals surface area contributed by atoms with Crippen molar-refractivity contribution in [1.29, 1.82) is 0 Å². The number of benzene rings is 2. The molecule has 0 bridgehead atoms. The van der Waals surface area contributed by atoms with E-state index in [1.165, 1.54) is 0 Å². The van der Waals surface area contributed by atoms with Crippen LogP contribution in [0.25, 0.3) is 11.4 Å². The molecule has 0 unspecified atom stereocenters. The third-order valence-corrected chi connectivity index (χ3v) is 6.62. The molecule has 5 rings (SSSR count). The van der Waals surface area contributed by atoms with Crippen molar-refractivity contribution in [3.63, 3.8) is 0 Å². The van der Waals surface area contributed by atoms with Gasteiger partial charge in [0.15, 0.2) is 5.82 Å². The van der Waals surface area contributed by atoms with Crippen LogP contribution in [0.3, 0.4) is 0 Å². The predicted octanol–water partition coefficient (Wildman–Crippen LogP) is 2.87. The number of aromatic nitrogens is 3. The third kappa shape index (κ3) is 6.71. The van der Waals surface area contributed by atoms with Crippen LogP contribution in [-0.2, 0) is 4.74 Å². The number of amides is 4. The lowest BCUT2D eigenvalue weighted by Gasteiger charge is -2.28. The quantitative estimate of drug-likeness (QED) is 0.459. The minimum absolute atomic E-state index is 0.0756. The second-order valence-corrected chi connectivity index (χ2v) is 9.26. The fraction of sp³-hybridized carbons (Fsp3) is 0.370. The molecule has 1 aromatic heterocycles. The Morgan fingerprint density at radius 1 is 0.744 bits per heavy atom. The number of carbonyl (C=O) groups excluding carboxylic acids is 2. The molecule has 2 saturated heterocycles. The molecule has 39 heavy (non-hydrogen) atoms. The van der Waals surface area contributed by atoms with Crippen molar-refractivity contribution in [2.75, 3.05) is 80.0 Å². The summed E-state index contributed by atoms with van der Waals surface area (Å²) in [6, 6.07) is 16.3. The number of ether oxygens (including phenoxy) is 1. The lowest BCUT2D eigenvalue weighted by atomic mass is 10.2. The van der Waals surface area contributed by atoms with Gasteiger partial charge in [-0.1, -0.05) is 18.2 Å². The van der Waals surface area contributed by atoms with Gasteiger partial charge in [-0.25, -0.2) is 9.59 Å². The lowest BCUT2D eigenvalue weighted by Crippen LogP contribution is -2.41. The molecule has 3 heterocycles. The van der Waals surface area contributed by atoms with Gasteiger partial charge < -0.3 is 35.4 Å². The highest BCUT2D eigenvalue weighted by Gasteiger charge is 2.23. The summed E-state index contributed by atoms with van der Waals surface area (Å²) in [5.74, 6) is 1.74. The summed E-state index contributed by atoms with van der Waals surface area (Å²) in [5.41, 5.74) is 2.17. The van der Waals surface area contributed by atoms with Gasteiger partial charge in [-0.15, -0.1) is 0 Å². The molecule has 0 atom stereocenters. The first-order valence-electron chi connectivity index (χ1n) is 13.1. The Kier molecular flexibility index (Phi) is 8.32. The van der Waals surface area contributed by atoms with E-state index in [9.17, 15) is 9.59 Å². The summed E-state index contributed by atoms with van der Waals surface area (Å²) < 4.78 is 5.52. The summed E-state index contributed by atoms with van der Waals surface area (Å²) in [4.78, 5) is 45.0. The first-order chi connectivity index (χ1) is 19.1. The van der Waals surface area contributed by atoms with E-state index in [1.807, 2.05) is 59.5 Å². The Bertz CT molecular complexity index is 1270. The van der Waals surface area contributed by atoms with E-state index in [-0.39, 0.29) is 12.1 Å². The average molecular weight is 532 g/mol. The molecule has 204 valence electrons. The maximum Gasteiger partial charge on any atom is 0.323 e. The fourth-order valence-corrected chi connectivity index (χ4v) is 4.53. The van der Waals surface area contributed by atoms with Crippen LogP contribution in [-0.4, -0.2) is 91.4 Å². The van der Waals surface area contributed by atoms with Crippen molar-refractivity contribution in [3.05, 3.63) is 54.6 Å². The number of para-hydroxylation sites is 1. The molecule has 4 amide bonds. The predicted molar refractivity (Wildman–Crippen MR) is 150 cm³/mol. The third-order valence-electron chi connectivity index (χ3n) is 6.62. The van der Waals surface area contributed by atoms with E-state index >= 15 is 0 Å². The van der Waals surface area contributed by atoms with Crippen LogP contribution in [0.15, 0.2) is 54.6 Å². The minimum atomic E-state index is -0.321. The lowest BCUT2D eigenvalue weighted by molar-refractivity contribution is 0.122. The van der Waals surface area contributed by atoms with Gasteiger partial charge in [0.1, 0.15) is 0 Å². The van der Waals surface area contributed by atoms with Gasteiger partial charge >= 0.3 is 12.1 Å². The molecule has 2 aliphatic heterocycles. The summed E-state index contributed by atoms with van der Waals surface area (Å²) in [7, 11) is 1.65. The van der Waals surface area contributed by atoms with Crippen LogP contribution in [0, 0.1) is 0 Å². The molecule has 2 fully saturated rings. The number of carbonyl (C=O) groups is 2. The number of nitrogens with one attached hydrogen (secondary N) is 3. The van der Waals surface area contributed by atoms with Crippen LogP contribution in [0.2, 0.25) is 0 Å². The van der Waals surface area contributed by atoms with Crippen molar-refractivity contribution < 1.29 is 14.3 Å². The minimum Gasteiger partial charge on any atom is -0.378 e. The maximum atomic E-state index is 12.4. The first kappa shape index (κ1) is 26.2. The van der Waals surface area contributed by atoms with Crippen molar-refractivity contribution >= 4 is 35.3 Å². The smallest absolute Gasteiger partial charge is 0.323 e. The van der Waals surface area contributed by atoms with Crippen LogP contribution in [0.1, 0.15) is 6.42 Å². The van der Waals surface area contributed by atoms with Crippen molar-refractivity contribution in [2.45, 2.75) is 6.42 Å². The van der Waals surface area contributed by atoms with Gasteiger partial charge in [0, 0.05) is 63.3 Å². The molecule has 2 aliphatic rings. The van der Waals surface area contributed by atoms with Crippen molar-refractivity contribution in [2.24, 2.45) is 0 Å². The van der Waals surface area contributed by atoms with Gasteiger partial charge in [-0.2, -0.15) is 15.0 Å². The van der Waals surface area contributed by atoms with E-state index in [2.05, 4.69) is 25.8 Å².